The lowest BCUT2D eigenvalue weighted by atomic mass is 10.1. The molecule has 1 N–H and O–H groups in total. The molecular formula is C20H19NO2S. The van der Waals surface area contributed by atoms with Gasteiger partial charge in [0.25, 0.3) is 5.91 Å². The van der Waals surface area contributed by atoms with E-state index in [4.69, 9.17) is 4.74 Å². The first-order valence-electron chi connectivity index (χ1n) is 7.80. The van der Waals surface area contributed by atoms with E-state index in [0.717, 1.165) is 21.7 Å². The zero-order valence-electron chi connectivity index (χ0n) is 13.7. The molecule has 1 heterocycles. The van der Waals surface area contributed by atoms with Gasteiger partial charge in [0, 0.05) is 16.1 Å². The highest BCUT2D eigenvalue weighted by atomic mass is 32.1. The second kappa shape index (κ2) is 7.32. The van der Waals surface area contributed by atoms with E-state index >= 15 is 0 Å². The minimum atomic E-state index is -0.580. The number of hydrogen-bond donors (Lipinski definition) is 1. The number of nitrogens with one attached hydrogen (secondary N) is 1. The van der Waals surface area contributed by atoms with Gasteiger partial charge in [0.15, 0.2) is 6.10 Å². The number of ether oxygens (including phenoxy) is 1. The number of carbonyl (C=O) groups excluding carboxylic acids is 1. The third-order valence-electron chi connectivity index (χ3n) is 3.67. The van der Waals surface area contributed by atoms with Gasteiger partial charge in [-0.15, -0.1) is 11.3 Å². The molecule has 2 aromatic carbocycles. The van der Waals surface area contributed by atoms with Crippen LogP contribution in [0.5, 0.6) is 5.75 Å². The Morgan fingerprint density at radius 2 is 1.79 bits per heavy atom. The van der Waals surface area contributed by atoms with Crippen molar-refractivity contribution in [2.75, 3.05) is 5.32 Å². The Bertz CT molecular complexity index is 810. The molecule has 1 amide bonds. The Hall–Kier alpha value is -2.59. The predicted molar refractivity (Wildman–Crippen MR) is 99.7 cm³/mol. The van der Waals surface area contributed by atoms with Crippen LogP contribution in [0.25, 0.3) is 10.4 Å². The first-order valence-corrected chi connectivity index (χ1v) is 8.68. The topological polar surface area (TPSA) is 38.3 Å². The summed E-state index contributed by atoms with van der Waals surface area (Å²) in [6, 6.07) is 19.5. The molecule has 0 aliphatic rings. The molecule has 0 saturated carbocycles. The van der Waals surface area contributed by atoms with Crippen molar-refractivity contribution >= 4 is 22.9 Å². The van der Waals surface area contributed by atoms with E-state index in [1.165, 1.54) is 0 Å². The van der Waals surface area contributed by atoms with E-state index in [9.17, 15) is 4.79 Å². The summed E-state index contributed by atoms with van der Waals surface area (Å²) in [4.78, 5) is 13.6. The molecule has 3 aromatic rings. The summed E-state index contributed by atoms with van der Waals surface area (Å²) in [6.45, 7) is 3.77. The fourth-order valence-corrected chi connectivity index (χ4v) is 3.11. The molecule has 122 valence electrons. The SMILES string of the molecule is Cc1ccc(OC(C)C(=O)Nc2ccccc2-c2cccs2)cc1. The lowest BCUT2D eigenvalue weighted by Gasteiger charge is -2.16. The van der Waals surface area contributed by atoms with Gasteiger partial charge in [-0.05, 0) is 43.5 Å². The second-order valence-electron chi connectivity index (χ2n) is 5.59. The van der Waals surface area contributed by atoms with Gasteiger partial charge < -0.3 is 10.1 Å². The van der Waals surface area contributed by atoms with E-state index in [-0.39, 0.29) is 5.91 Å². The van der Waals surface area contributed by atoms with E-state index in [2.05, 4.69) is 5.32 Å². The lowest BCUT2D eigenvalue weighted by Crippen LogP contribution is -2.30. The fourth-order valence-electron chi connectivity index (χ4n) is 2.35. The van der Waals surface area contributed by atoms with Gasteiger partial charge in [0.2, 0.25) is 0 Å². The Balaban J connectivity index is 1.72. The average Bonchev–Trinajstić information content (AvgIpc) is 3.11. The zero-order chi connectivity index (χ0) is 16.9. The highest BCUT2D eigenvalue weighted by molar-refractivity contribution is 7.13. The van der Waals surface area contributed by atoms with Crippen molar-refractivity contribution in [3.8, 4) is 16.2 Å². The fraction of sp³-hybridized carbons (Fsp3) is 0.150. The van der Waals surface area contributed by atoms with Crippen molar-refractivity contribution in [2.24, 2.45) is 0 Å². The largest absolute Gasteiger partial charge is 0.481 e. The number of hydrogen-bond acceptors (Lipinski definition) is 3. The number of amides is 1. The Kier molecular flexibility index (Phi) is 4.96. The van der Waals surface area contributed by atoms with Gasteiger partial charge in [-0.3, -0.25) is 4.79 Å². The maximum Gasteiger partial charge on any atom is 0.265 e. The predicted octanol–water partition coefficient (Wildman–Crippen LogP) is 5.13. The van der Waals surface area contributed by atoms with Crippen molar-refractivity contribution in [3.63, 3.8) is 0 Å². The standard InChI is InChI=1S/C20H19NO2S/c1-14-9-11-16(12-10-14)23-15(2)20(22)21-18-7-4-3-6-17(18)19-8-5-13-24-19/h3-13,15H,1-2H3,(H,21,22). The second-order valence-corrected chi connectivity index (χ2v) is 6.53. The van der Waals surface area contributed by atoms with Gasteiger partial charge >= 0.3 is 0 Å². The summed E-state index contributed by atoms with van der Waals surface area (Å²) in [5, 5.41) is 5.00. The molecule has 1 unspecified atom stereocenters. The quantitative estimate of drug-likeness (QED) is 0.701. The van der Waals surface area contributed by atoms with E-state index < -0.39 is 6.10 Å². The third-order valence-corrected chi connectivity index (χ3v) is 4.58. The molecule has 3 rings (SSSR count). The van der Waals surface area contributed by atoms with Crippen LogP contribution in [0.4, 0.5) is 5.69 Å². The van der Waals surface area contributed by atoms with Crippen molar-refractivity contribution in [2.45, 2.75) is 20.0 Å². The number of anilines is 1. The Morgan fingerprint density at radius 3 is 2.50 bits per heavy atom. The highest BCUT2D eigenvalue weighted by Gasteiger charge is 2.16. The number of rotatable bonds is 5. The molecule has 0 saturated heterocycles. The van der Waals surface area contributed by atoms with E-state index in [1.54, 1.807) is 18.3 Å². The first-order chi connectivity index (χ1) is 11.6. The van der Waals surface area contributed by atoms with Gasteiger partial charge in [-0.1, -0.05) is 42.0 Å². The number of aryl methyl sites for hydroxylation is 1. The number of thiophene rings is 1. The van der Waals surface area contributed by atoms with Gasteiger partial charge in [0.1, 0.15) is 5.75 Å². The number of carbonyl (C=O) groups is 1. The van der Waals surface area contributed by atoms with Gasteiger partial charge in [-0.25, -0.2) is 0 Å². The van der Waals surface area contributed by atoms with Crippen LogP contribution in [0.3, 0.4) is 0 Å². The van der Waals surface area contributed by atoms with Crippen molar-refractivity contribution < 1.29 is 9.53 Å². The molecule has 0 radical (unpaired) electrons. The summed E-state index contributed by atoms with van der Waals surface area (Å²) in [5.41, 5.74) is 2.97. The smallest absolute Gasteiger partial charge is 0.265 e. The molecule has 0 fully saturated rings. The van der Waals surface area contributed by atoms with Gasteiger partial charge in [0.05, 0.1) is 0 Å². The summed E-state index contributed by atoms with van der Waals surface area (Å²) in [6.07, 6.45) is -0.580. The molecule has 0 aliphatic carbocycles. The number of benzene rings is 2. The summed E-state index contributed by atoms with van der Waals surface area (Å²) >= 11 is 1.65. The minimum Gasteiger partial charge on any atom is -0.481 e. The van der Waals surface area contributed by atoms with Crippen LogP contribution >= 0.6 is 11.3 Å². The Labute approximate surface area is 145 Å². The monoisotopic (exact) mass is 337 g/mol. The van der Waals surface area contributed by atoms with Crippen molar-refractivity contribution in [1.82, 2.24) is 0 Å². The molecule has 1 atom stereocenters. The molecule has 1 aromatic heterocycles. The molecule has 4 heteroatoms. The van der Waals surface area contributed by atoms with Crippen LogP contribution in [-0.4, -0.2) is 12.0 Å². The molecule has 24 heavy (non-hydrogen) atoms. The van der Waals surface area contributed by atoms with Crippen molar-refractivity contribution in [3.05, 3.63) is 71.6 Å². The molecule has 3 nitrogen and oxygen atoms in total. The maximum atomic E-state index is 12.5. The summed E-state index contributed by atoms with van der Waals surface area (Å²) in [7, 11) is 0. The van der Waals surface area contributed by atoms with Gasteiger partial charge in [-0.2, -0.15) is 0 Å². The maximum absolute atomic E-state index is 12.5. The molecular weight excluding hydrogens is 318 g/mol. The molecule has 0 spiro atoms. The van der Waals surface area contributed by atoms with E-state index in [0.29, 0.717) is 5.75 Å². The van der Waals surface area contributed by atoms with E-state index in [1.807, 2.05) is 73.0 Å². The van der Waals surface area contributed by atoms with Crippen LogP contribution in [0.15, 0.2) is 66.0 Å². The van der Waals surface area contributed by atoms with Crippen molar-refractivity contribution in [1.29, 1.82) is 0 Å². The lowest BCUT2D eigenvalue weighted by molar-refractivity contribution is -0.122. The van der Waals surface area contributed by atoms with Crippen LogP contribution in [0.1, 0.15) is 12.5 Å². The van der Waals surface area contributed by atoms with Crippen LogP contribution in [-0.2, 0) is 4.79 Å². The average molecular weight is 337 g/mol. The zero-order valence-corrected chi connectivity index (χ0v) is 14.5. The Morgan fingerprint density at radius 1 is 1.04 bits per heavy atom. The number of para-hydroxylation sites is 1. The highest BCUT2D eigenvalue weighted by Crippen LogP contribution is 2.31. The van der Waals surface area contributed by atoms with Crippen LogP contribution in [0, 0.1) is 6.92 Å². The molecule has 0 bridgehead atoms. The normalized spacial score (nSPS) is 11.8. The van der Waals surface area contributed by atoms with Crippen LogP contribution in [0.2, 0.25) is 0 Å². The third kappa shape index (κ3) is 3.84. The molecule has 0 aliphatic heterocycles. The van der Waals surface area contributed by atoms with Crippen LogP contribution < -0.4 is 10.1 Å². The summed E-state index contributed by atoms with van der Waals surface area (Å²) in [5.74, 6) is 0.523. The summed E-state index contributed by atoms with van der Waals surface area (Å²) < 4.78 is 5.72. The first kappa shape index (κ1) is 16.3. The minimum absolute atomic E-state index is 0.167.